The summed E-state index contributed by atoms with van der Waals surface area (Å²) in [6, 6.07) is 22.9. The van der Waals surface area contributed by atoms with Crippen LogP contribution in [0, 0.1) is 19.8 Å². The summed E-state index contributed by atoms with van der Waals surface area (Å²) in [6.07, 6.45) is 12.9. The molecule has 0 N–H and O–H groups in total. The van der Waals surface area contributed by atoms with Crippen LogP contribution in [0.5, 0.6) is 0 Å². The lowest BCUT2D eigenvalue weighted by atomic mass is 9.76. The SMILES string of the molecule is CCCCCCc1cc(CCCCCC)cc(C([SiH2]c2cc(C)cc(C)c2)C2C(C)=C(C)C(C)=C2c2cc(C(C)(C)C)cc(C(C)(C)C)c2)c1. The molecule has 272 valence electrons. The molecule has 0 saturated heterocycles. The Morgan fingerprint density at radius 1 is 0.560 bits per heavy atom. The van der Waals surface area contributed by atoms with Gasteiger partial charge >= 0.3 is 0 Å². The molecule has 50 heavy (non-hydrogen) atoms. The smallest absolute Gasteiger partial charge is 0.0636 e. The Kier molecular flexibility index (Phi) is 13.8. The highest BCUT2D eigenvalue weighted by atomic mass is 28.2. The van der Waals surface area contributed by atoms with Gasteiger partial charge < -0.3 is 0 Å². The predicted molar refractivity (Wildman–Crippen MR) is 227 cm³/mol. The number of hydrogen-bond acceptors (Lipinski definition) is 0. The number of rotatable bonds is 15. The second-order valence-corrected chi connectivity index (χ2v) is 20.2. The fraction of sp³-hybridized carbons (Fsp3) is 0.551. The zero-order valence-corrected chi connectivity index (χ0v) is 36.0. The number of unbranched alkanes of at least 4 members (excludes halogenated alkanes) is 6. The van der Waals surface area contributed by atoms with Gasteiger partial charge in [-0.2, -0.15) is 0 Å². The van der Waals surface area contributed by atoms with Gasteiger partial charge in [-0.25, -0.2) is 0 Å². The van der Waals surface area contributed by atoms with Gasteiger partial charge in [0.05, 0.1) is 9.52 Å². The van der Waals surface area contributed by atoms with E-state index in [1.807, 2.05) is 0 Å². The van der Waals surface area contributed by atoms with E-state index in [9.17, 15) is 0 Å². The zero-order chi connectivity index (χ0) is 36.8. The molecule has 0 heterocycles. The highest BCUT2D eigenvalue weighted by molar-refractivity contribution is 6.55. The van der Waals surface area contributed by atoms with Crippen LogP contribution in [0.25, 0.3) is 5.57 Å². The molecule has 0 saturated carbocycles. The molecule has 1 aliphatic rings. The normalized spacial score (nSPS) is 16.4. The molecule has 0 nitrogen and oxygen atoms in total. The van der Waals surface area contributed by atoms with Gasteiger partial charge in [0.1, 0.15) is 0 Å². The number of benzene rings is 3. The van der Waals surface area contributed by atoms with E-state index in [1.54, 1.807) is 33.0 Å². The molecule has 0 amide bonds. The number of allylic oxidation sites excluding steroid dienone is 4. The Bertz CT molecular complexity index is 1580. The standard InChI is InChI=1S/C49H72Si/c1-14-16-18-20-22-38-27-39(23-21-19-17-15-2)29-41(28-38)47(50-44-25-33(3)24-34(4)26-44)46-37(7)35(5)36(6)45(46)40-30-42(48(8,9)10)32-43(31-40)49(11,12)13/h24-32,46-47H,14-23,50H2,1-13H3. The van der Waals surface area contributed by atoms with Gasteiger partial charge in [-0.3, -0.25) is 0 Å². The minimum Gasteiger partial charge on any atom is -0.0657 e. The Morgan fingerprint density at radius 3 is 1.52 bits per heavy atom. The summed E-state index contributed by atoms with van der Waals surface area (Å²) in [6.45, 7) is 30.8. The van der Waals surface area contributed by atoms with E-state index >= 15 is 0 Å². The fourth-order valence-electron chi connectivity index (χ4n) is 8.40. The van der Waals surface area contributed by atoms with Crippen LogP contribution in [0.15, 0.2) is 71.3 Å². The molecule has 2 atom stereocenters. The van der Waals surface area contributed by atoms with E-state index in [0.717, 1.165) is 0 Å². The van der Waals surface area contributed by atoms with Crippen molar-refractivity contribution in [2.24, 2.45) is 5.92 Å². The lowest BCUT2D eigenvalue weighted by Gasteiger charge is -2.32. The van der Waals surface area contributed by atoms with Crippen LogP contribution >= 0.6 is 0 Å². The van der Waals surface area contributed by atoms with Crippen LogP contribution in [0.3, 0.4) is 0 Å². The average molecular weight is 689 g/mol. The minimum atomic E-state index is -0.711. The van der Waals surface area contributed by atoms with Gasteiger partial charge in [-0.15, -0.1) is 0 Å². The van der Waals surface area contributed by atoms with E-state index < -0.39 is 9.52 Å². The Balaban J connectivity index is 1.95. The first-order chi connectivity index (χ1) is 23.5. The van der Waals surface area contributed by atoms with E-state index in [1.165, 1.54) is 103 Å². The van der Waals surface area contributed by atoms with Crippen LogP contribution < -0.4 is 5.19 Å². The van der Waals surface area contributed by atoms with Crippen LogP contribution in [-0.2, 0) is 23.7 Å². The molecule has 0 fully saturated rings. The van der Waals surface area contributed by atoms with Gasteiger partial charge in [0.2, 0.25) is 0 Å². The third-order valence-corrected chi connectivity index (χ3v) is 13.9. The van der Waals surface area contributed by atoms with Crippen molar-refractivity contribution in [2.45, 2.75) is 171 Å². The molecule has 4 rings (SSSR count). The zero-order valence-electron chi connectivity index (χ0n) is 34.6. The van der Waals surface area contributed by atoms with Crippen molar-refractivity contribution < 1.29 is 0 Å². The lowest BCUT2D eigenvalue weighted by molar-refractivity contribution is 0.568. The summed E-state index contributed by atoms with van der Waals surface area (Å²) in [7, 11) is -0.711. The Hall–Kier alpha value is -2.64. The largest absolute Gasteiger partial charge is 0.0657 e. The van der Waals surface area contributed by atoms with Gasteiger partial charge in [-0.05, 0) is 127 Å². The monoisotopic (exact) mass is 689 g/mol. The summed E-state index contributed by atoms with van der Waals surface area (Å²) >= 11 is 0. The molecule has 0 radical (unpaired) electrons. The van der Waals surface area contributed by atoms with Gasteiger partial charge in [-0.1, -0.05) is 170 Å². The number of hydrogen-bond donors (Lipinski definition) is 0. The van der Waals surface area contributed by atoms with Crippen LogP contribution in [0.1, 0.15) is 178 Å². The first kappa shape index (κ1) is 40.1. The molecule has 0 aliphatic heterocycles. The molecule has 0 spiro atoms. The van der Waals surface area contributed by atoms with Crippen LogP contribution in [-0.4, -0.2) is 9.52 Å². The second-order valence-electron chi connectivity index (χ2n) is 18.1. The van der Waals surface area contributed by atoms with Gasteiger partial charge in [0.15, 0.2) is 0 Å². The van der Waals surface area contributed by atoms with E-state index in [0.29, 0.717) is 11.5 Å². The molecular weight excluding hydrogens is 617 g/mol. The average Bonchev–Trinajstić information content (AvgIpc) is 3.26. The van der Waals surface area contributed by atoms with Crippen molar-refractivity contribution in [3.63, 3.8) is 0 Å². The highest BCUT2D eigenvalue weighted by Gasteiger charge is 2.37. The third kappa shape index (κ3) is 10.2. The number of aryl methyl sites for hydroxylation is 4. The molecule has 3 aromatic rings. The van der Waals surface area contributed by atoms with E-state index in [2.05, 4.69) is 145 Å². The fourth-order valence-corrected chi connectivity index (χ4v) is 11.1. The van der Waals surface area contributed by atoms with Crippen LogP contribution in [0.4, 0.5) is 0 Å². The first-order valence-electron chi connectivity index (χ1n) is 20.3. The summed E-state index contributed by atoms with van der Waals surface area (Å²) < 4.78 is 0. The highest BCUT2D eigenvalue weighted by Crippen LogP contribution is 2.50. The predicted octanol–water partition coefficient (Wildman–Crippen LogP) is 13.1. The van der Waals surface area contributed by atoms with Crippen molar-refractivity contribution in [3.05, 3.63) is 116 Å². The van der Waals surface area contributed by atoms with Crippen LogP contribution in [0.2, 0.25) is 0 Å². The molecule has 2 unspecified atom stereocenters. The Morgan fingerprint density at radius 2 is 1.06 bits per heavy atom. The van der Waals surface area contributed by atoms with Gasteiger partial charge in [0.25, 0.3) is 0 Å². The summed E-state index contributed by atoms with van der Waals surface area (Å²) in [5, 5.41) is 1.61. The van der Waals surface area contributed by atoms with E-state index in [-0.39, 0.29) is 10.8 Å². The van der Waals surface area contributed by atoms with Crippen molar-refractivity contribution >= 4 is 20.3 Å². The lowest BCUT2D eigenvalue weighted by Crippen LogP contribution is -2.29. The van der Waals surface area contributed by atoms with Crippen molar-refractivity contribution in [2.75, 3.05) is 0 Å². The van der Waals surface area contributed by atoms with E-state index in [4.69, 9.17) is 0 Å². The quantitative estimate of drug-likeness (QED) is 0.110. The summed E-state index contributed by atoms with van der Waals surface area (Å²) in [5.41, 5.74) is 18.8. The first-order valence-corrected chi connectivity index (χ1v) is 21.8. The molecule has 1 heteroatoms. The second kappa shape index (κ2) is 17.2. The van der Waals surface area contributed by atoms with Crippen molar-refractivity contribution in [1.29, 1.82) is 0 Å². The summed E-state index contributed by atoms with van der Waals surface area (Å²) in [5.74, 6) is 0.397. The van der Waals surface area contributed by atoms with Gasteiger partial charge in [0, 0.05) is 5.92 Å². The van der Waals surface area contributed by atoms with Crippen molar-refractivity contribution in [1.82, 2.24) is 0 Å². The maximum atomic E-state index is 2.67. The maximum absolute atomic E-state index is 2.67. The maximum Gasteiger partial charge on any atom is 0.0636 e. The Labute approximate surface area is 311 Å². The summed E-state index contributed by atoms with van der Waals surface area (Å²) in [4.78, 5) is 0. The molecule has 0 bridgehead atoms. The topological polar surface area (TPSA) is 0 Å². The molecular formula is C49H72Si. The third-order valence-electron chi connectivity index (χ3n) is 11.6. The van der Waals surface area contributed by atoms with Crippen molar-refractivity contribution in [3.8, 4) is 0 Å². The molecule has 1 aliphatic carbocycles. The minimum absolute atomic E-state index is 0.0854. The molecule has 3 aromatic carbocycles. The molecule has 0 aromatic heterocycles.